The highest BCUT2D eigenvalue weighted by Gasteiger charge is 2.21. The van der Waals surface area contributed by atoms with Gasteiger partial charge in [-0.25, -0.2) is 8.42 Å². The van der Waals surface area contributed by atoms with Gasteiger partial charge in [-0.2, -0.15) is 0 Å². The maximum atomic E-state index is 11.1. The summed E-state index contributed by atoms with van der Waals surface area (Å²) in [6.07, 6.45) is 3.96. The van der Waals surface area contributed by atoms with E-state index in [2.05, 4.69) is 17.0 Å². The molecule has 1 aliphatic rings. The molecule has 106 valence electrons. The van der Waals surface area contributed by atoms with Crippen LogP contribution in [-0.2, 0) is 14.8 Å². The topological polar surface area (TPSA) is 67.4 Å². The molecule has 0 bridgehead atoms. The summed E-state index contributed by atoms with van der Waals surface area (Å²) in [6, 6.07) is 7.18. The molecule has 0 amide bonds. The highest BCUT2D eigenvalue weighted by molar-refractivity contribution is 7.92. The maximum absolute atomic E-state index is 11.1. The lowest BCUT2D eigenvalue weighted by atomic mass is 10.2. The summed E-state index contributed by atoms with van der Waals surface area (Å²) >= 11 is 0. The molecule has 2 atom stereocenters. The van der Waals surface area contributed by atoms with E-state index in [1.165, 1.54) is 0 Å². The Balaban J connectivity index is 1.85. The van der Waals surface area contributed by atoms with Crippen molar-refractivity contribution < 1.29 is 13.2 Å². The minimum Gasteiger partial charge on any atom is -0.382 e. The van der Waals surface area contributed by atoms with Crippen molar-refractivity contribution in [2.45, 2.75) is 32.0 Å². The highest BCUT2D eigenvalue weighted by atomic mass is 32.2. The van der Waals surface area contributed by atoms with Crippen molar-refractivity contribution in [2.75, 3.05) is 22.8 Å². The molecule has 6 heteroatoms. The van der Waals surface area contributed by atoms with E-state index in [4.69, 9.17) is 4.74 Å². The van der Waals surface area contributed by atoms with Crippen LogP contribution in [0.2, 0.25) is 0 Å². The number of sulfonamides is 1. The molecule has 0 radical (unpaired) electrons. The van der Waals surface area contributed by atoms with Gasteiger partial charge in [0.25, 0.3) is 0 Å². The first kappa shape index (κ1) is 14.1. The lowest BCUT2D eigenvalue weighted by Crippen LogP contribution is -2.19. The van der Waals surface area contributed by atoms with Gasteiger partial charge in [0.05, 0.1) is 18.5 Å². The zero-order valence-corrected chi connectivity index (χ0v) is 12.0. The van der Waals surface area contributed by atoms with Crippen molar-refractivity contribution >= 4 is 21.4 Å². The summed E-state index contributed by atoms with van der Waals surface area (Å²) in [4.78, 5) is 0. The number of hydrogen-bond acceptors (Lipinski definition) is 4. The predicted molar refractivity (Wildman–Crippen MR) is 77.0 cm³/mol. The minimum absolute atomic E-state index is 0.267. The molecule has 0 aliphatic carbocycles. The average molecular weight is 284 g/mol. The Labute approximate surface area is 114 Å². The Morgan fingerprint density at radius 2 is 1.84 bits per heavy atom. The molecular formula is C13H20N2O3S. The second kappa shape index (κ2) is 5.79. The summed E-state index contributed by atoms with van der Waals surface area (Å²) in [5.41, 5.74) is 1.53. The number of anilines is 2. The van der Waals surface area contributed by atoms with Crippen molar-refractivity contribution in [2.24, 2.45) is 0 Å². The third kappa shape index (κ3) is 4.72. The van der Waals surface area contributed by atoms with Gasteiger partial charge in [-0.3, -0.25) is 4.72 Å². The van der Waals surface area contributed by atoms with E-state index in [9.17, 15) is 8.42 Å². The smallest absolute Gasteiger partial charge is 0.229 e. The number of benzene rings is 1. The number of rotatable bonds is 5. The van der Waals surface area contributed by atoms with Crippen LogP contribution in [0.5, 0.6) is 0 Å². The fraction of sp³-hybridized carbons (Fsp3) is 0.538. The van der Waals surface area contributed by atoms with Gasteiger partial charge in [-0.1, -0.05) is 0 Å². The Hall–Kier alpha value is -1.27. The summed E-state index contributed by atoms with van der Waals surface area (Å²) in [6.45, 7) is 2.87. The van der Waals surface area contributed by atoms with Gasteiger partial charge in [-0.05, 0) is 44.0 Å². The van der Waals surface area contributed by atoms with Crippen molar-refractivity contribution in [3.05, 3.63) is 24.3 Å². The lowest BCUT2D eigenvalue weighted by molar-refractivity contribution is 0.0637. The van der Waals surface area contributed by atoms with Crippen molar-refractivity contribution in [1.29, 1.82) is 0 Å². The number of hydrogen-bond donors (Lipinski definition) is 2. The van der Waals surface area contributed by atoms with Crippen LogP contribution in [-0.4, -0.2) is 33.4 Å². The molecule has 2 N–H and O–H groups in total. The Morgan fingerprint density at radius 1 is 1.21 bits per heavy atom. The van der Waals surface area contributed by atoms with Crippen LogP contribution in [0.3, 0.4) is 0 Å². The largest absolute Gasteiger partial charge is 0.382 e. The molecular weight excluding hydrogens is 264 g/mol. The number of ether oxygens (including phenoxy) is 1. The van der Waals surface area contributed by atoms with Crippen LogP contribution in [0.25, 0.3) is 0 Å². The fourth-order valence-corrected chi connectivity index (χ4v) is 2.70. The second-order valence-electron chi connectivity index (χ2n) is 4.98. The van der Waals surface area contributed by atoms with E-state index in [1.54, 1.807) is 12.1 Å². The molecule has 2 rings (SSSR count). The molecule has 1 aromatic carbocycles. The fourth-order valence-electron chi connectivity index (χ4n) is 2.14. The van der Waals surface area contributed by atoms with Gasteiger partial charge >= 0.3 is 0 Å². The molecule has 1 aromatic rings. The predicted octanol–water partition coefficient (Wildman–Crippen LogP) is 2.04. The summed E-state index contributed by atoms with van der Waals surface area (Å²) in [5, 5.41) is 3.29. The summed E-state index contributed by atoms with van der Waals surface area (Å²) in [5.74, 6) is 0. The van der Waals surface area contributed by atoms with E-state index >= 15 is 0 Å². The quantitative estimate of drug-likeness (QED) is 0.868. The van der Waals surface area contributed by atoms with Crippen LogP contribution in [0.4, 0.5) is 11.4 Å². The third-order valence-electron chi connectivity index (χ3n) is 3.04. The van der Waals surface area contributed by atoms with Crippen LogP contribution >= 0.6 is 0 Å². The van der Waals surface area contributed by atoms with E-state index in [-0.39, 0.29) is 6.10 Å². The first-order chi connectivity index (χ1) is 8.92. The Morgan fingerprint density at radius 3 is 2.37 bits per heavy atom. The average Bonchev–Trinajstić information content (AvgIpc) is 2.72. The molecule has 5 nitrogen and oxygen atoms in total. The SMILES string of the molecule is CC1CCC(CNc2ccc(NS(C)(=O)=O)cc2)O1. The zero-order valence-electron chi connectivity index (χ0n) is 11.2. The maximum Gasteiger partial charge on any atom is 0.229 e. The van der Waals surface area contributed by atoms with Crippen molar-refractivity contribution in [3.63, 3.8) is 0 Å². The standard InChI is InChI=1S/C13H20N2O3S/c1-10-3-8-13(18-10)9-14-11-4-6-12(7-5-11)15-19(2,16)17/h4-7,10,13-15H,3,8-9H2,1-2H3. The second-order valence-corrected chi connectivity index (χ2v) is 6.73. The van der Waals surface area contributed by atoms with Crippen molar-refractivity contribution in [3.8, 4) is 0 Å². The Kier molecular flexibility index (Phi) is 4.31. The molecule has 1 heterocycles. The van der Waals surface area contributed by atoms with Gasteiger partial charge in [0.15, 0.2) is 0 Å². The molecule has 0 saturated carbocycles. The summed E-state index contributed by atoms with van der Waals surface area (Å²) in [7, 11) is -3.21. The molecule has 2 unspecified atom stereocenters. The van der Waals surface area contributed by atoms with E-state index < -0.39 is 10.0 Å². The third-order valence-corrected chi connectivity index (χ3v) is 3.65. The minimum atomic E-state index is -3.21. The Bertz CT molecular complexity index is 513. The lowest BCUT2D eigenvalue weighted by Gasteiger charge is -2.13. The molecule has 0 spiro atoms. The van der Waals surface area contributed by atoms with E-state index in [1.807, 2.05) is 12.1 Å². The molecule has 1 fully saturated rings. The van der Waals surface area contributed by atoms with Gasteiger partial charge < -0.3 is 10.1 Å². The highest BCUT2D eigenvalue weighted by Crippen LogP contribution is 2.20. The monoisotopic (exact) mass is 284 g/mol. The molecule has 1 aliphatic heterocycles. The van der Waals surface area contributed by atoms with Crippen LogP contribution in [0.15, 0.2) is 24.3 Å². The van der Waals surface area contributed by atoms with Crippen LogP contribution < -0.4 is 10.0 Å². The van der Waals surface area contributed by atoms with Crippen LogP contribution in [0.1, 0.15) is 19.8 Å². The zero-order chi connectivity index (χ0) is 13.9. The normalized spacial score (nSPS) is 23.3. The summed E-state index contributed by atoms with van der Waals surface area (Å²) < 4.78 is 30.3. The van der Waals surface area contributed by atoms with E-state index in [0.717, 1.165) is 31.3 Å². The van der Waals surface area contributed by atoms with Gasteiger partial charge in [0, 0.05) is 17.9 Å². The molecule has 1 saturated heterocycles. The first-order valence-electron chi connectivity index (χ1n) is 6.39. The molecule has 19 heavy (non-hydrogen) atoms. The van der Waals surface area contributed by atoms with Gasteiger partial charge in [-0.15, -0.1) is 0 Å². The number of nitrogens with one attached hydrogen (secondary N) is 2. The van der Waals surface area contributed by atoms with Gasteiger partial charge in [0.1, 0.15) is 0 Å². The van der Waals surface area contributed by atoms with Gasteiger partial charge in [0.2, 0.25) is 10.0 Å². The van der Waals surface area contributed by atoms with E-state index in [0.29, 0.717) is 11.8 Å². The molecule has 0 aromatic heterocycles. The van der Waals surface area contributed by atoms with Crippen LogP contribution in [0, 0.1) is 0 Å². The first-order valence-corrected chi connectivity index (χ1v) is 8.29. The van der Waals surface area contributed by atoms with Crippen molar-refractivity contribution in [1.82, 2.24) is 0 Å².